The van der Waals surface area contributed by atoms with Crippen molar-refractivity contribution in [2.45, 2.75) is 13.3 Å². The highest BCUT2D eigenvalue weighted by molar-refractivity contribution is 6.29. The second-order valence-electron chi connectivity index (χ2n) is 2.79. The van der Waals surface area contributed by atoms with E-state index in [1.807, 2.05) is 0 Å². The average Bonchev–Trinajstić information content (AvgIpc) is 2.15. The summed E-state index contributed by atoms with van der Waals surface area (Å²) in [5, 5.41) is -0.197. The van der Waals surface area contributed by atoms with Gasteiger partial charge in [0.15, 0.2) is 5.43 Å². The molecule has 1 heterocycles. The van der Waals surface area contributed by atoms with Crippen molar-refractivity contribution in [3.63, 3.8) is 0 Å². The van der Waals surface area contributed by atoms with E-state index < -0.39 is 29.1 Å². The van der Waals surface area contributed by atoms with E-state index in [0.717, 1.165) is 6.07 Å². The number of hydrogen-bond acceptors (Lipinski definition) is 3. The molecular weight excluding hydrogens is 244 g/mol. The highest BCUT2D eigenvalue weighted by Crippen LogP contribution is 2.20. The van der Waals surface area contributed by atoms with E-state index in [4.69, 9.17) is 11.6 Å². The topological polar surface area (TPSA) is 59.2 Å². The Hall–Kier alpha value is -1.43. The molecule has 0 amide bonds. The zero-order chi connectivity index (χ0) is 12.3. The number of alkyl halides is 2. The van der Waals surface area contributed by atoms with Crippen LogP contribution in [0.4, 0.5) is 8.78 Å². The van der Waals surface area contributed by atoms with Gasteiger partial charge in [-0.2, -0.15) is 0 Å². The normalized spacial score (nSPS) is 10.6. The molecule has 0 unspecified atom stereocenters. The van der Waals surface area contributed by atoms with Gasteiger partial charge < -0.3 is 9.72 Å². The Morgan fingerprint density at radius 1 is 1.62 bits per heavy atom. The highest BCUT2D eigenvalue weighted by Gasteiger charge is 2.24. The maximum atomic E-state index is 12.5. The number of ether oxygens (including phenoxy) is 1. The third-order valence-corrected chi connectivity index (χ3v) is 1.94. The van der Waals surface area contributed by atoms with Crippen molar-refractivity contribution in [2.24, 2.45) is 0 Å². The summed E-state index contributed by atoms with van der Waals surface area (Å²) in [6.07, 6.45) is -3.07. The molecule has 0 spiro atoms. The number of carbonyl (C=O) groups is 1. The average molecular weight is 252 g/mol. The predicted molar refractivity (Wildman–Crippen MR) is 53.0 cm³/mol. The van der Waals surface area contributed by atoms with Crippen molar-refractivity contribution in [3.8, 4) is 0 Å². The minimum atomic E-state index is -3.07. The molecule has 88 valence electrons. The van der Waals surface area contributed by atoms with Crippen LogP contribution in [0, 0.1) is 0 Å². The number of esters is 1. The lowest BCUT2D eigenvalue weighted by molar-refractivity contribution is 0.0507. The van der Waals surface area contributed by atoms with Crippen LogP contribution >= 0.6 is 11.6 Å². The highest BCUT2D eigenvalue weighted by atomic mass is 35.5. The molecule has 0 saturated heterocycles. The second-order valence-corrected chi connectivity index (χ2v) is 3.20. The minimum absolute atomic E-state index is 0.00998. The number of halogens is 3. The van der Waals surface area contributed by atoms with Gasteiger partial charge in [0.25, 0.3) is 6.43 Å². The number of pyridine rings is 1. The van der Waals surface area contributed by atoms with Crippen LogP contribution in [-0.4, -0.2) is 17.6 Å². The Morgan fingerprint density at radius 3 is 2.75 bits per heavy atom. The van der Waals surface area contributed by atoms with E-state index in [1.165, 1.54) is 6.92 Å². The summed E-state index contributed by atoms with van der Waals surface area (Å²) in [5.41, 5.74) is -2.53. The maximum Gasteiger partial charge on any atom is 0.355 e. The zero-order valence-electron chi connectivity index (χ0n) is 8.22. The molecule has 1 aromatic heterocycles. The Labute approximate surface area is 94.2 Å². The Balaban J connectivity index is 3.35. The number of aromatic amines is 1. The summed E-state index contributed by atoms with van der Waals surface area (Å²) in [6.45, 7) is 1.53. The molecule has 0 saturated carbocycles. The van der Waals surface area contributed by atoms with E-state index in [0.29, 0.717) is 0 Å². The third-order valence-electron chi connectivity index (χ3n) is 1.73. The van der Waals surface area contributed by atoms with E-state index in [9.17, 15) is 18.4 Å². The molecule has 0 fully saturated rings. The lowest BCUT2D eigenvalue weighted by Crippen LogP contribution is -2.19. The van der Waals surface area contributed by atoms with E-state index in [1.54, 1.807) is 0 Å². The predicted octanol–water partition coefficient (Wildman–Crippen LogP) is 2.14. The van der Waals surface area contributed by atoms with Crippen LogP contribution in [0.25, 0.3) is 0 Å². The van der Waals surface area contributed by atoms with Crippen LogP contribution in [0.3, 0.4) is 0 Å². The van der Waals surface area contributed by atoms with Crippen molar-refractivity contribution in [1.29, 1.82) is 0 Å². The first-order valence-electron chi connectivity index (χ1n) is 4.35. The van der Waals surface area contributed by atoms with Gasteiger partial charge in [-0.15, -0.1) is 0 Å². The number of aromatic nitrogens is 1. The number of hydrogen-bond donors (Lipinski definition) is 1. The maximum absolute atomic E-state index is 12.5. The number of H-pyrrole nitrogens is 1. The van der Waals surface area contributed by atoms with Crippen molar-refractivity contribution in [2.75, 3.05) is 6.61 Å². The molecule has 0 aromatic carbocycles. The lowest BCUT2D eigenvalue weighted by atomic mass is 10.2. The molecule has 4 nitrogen and oxygen atoms in total. The monoisotopic (exact) mass is 251 g/mol. The summed E-state index contributed by atoms with van der Waals surface area (Å²) in [5.74, 6) is -1.03. The SMILES string of the molecule is CCOC(=O)c1[nH]c(Cl)cc(=O)c1C(F)F. The van der Waals surface area contributed by atoms with Gasteiger partial charge in [0, 0.05) is 6.07 Å². The molecular formula is C9H8ClF2NO3. The van der Waals surface area contributed by atoms with Gasteiger partial charge in [-0.1, -0.05) is 11.6 Å². The summed E-state index contributed by atoms with van der Waals surface area (Å²) in [6, 6.07) is 0.784. The smallest absolute Gasteiger partial charge is 0.355 e. The Morgan fingerprint density at radius 2 is 2.25 bits per heavy atom. The van der Waals surface area contributed by atoms with Crippen LogP contribution in [0.15, 0.2) is 10.9 Å². The fraction of sp³-hybridized carbons (Fsp3) is 0.333. The van der Waals surface area contributed by atoms with Crippen LogP contribution < -0.4 is 5.43 Å². The van der Waals surface area contributed by atoms with Crippen molar-refractivity contribution in [3.05, 3.63) is 32.7 Å². The number of rotatable bonds is 3. The van der Waals surface area contributed by atoms with Gasteiger partial charge >= 0.3 is 5.97 Å². The summed E-state index contributed by atoms with van der Waals surface area (Å²) in [7, 11) is 0. The van der Waals surface area contributed by atoms with Crippen LogP contribution in [0.2, 0.25) is 5.15 Å². The first kappa shape index (κ1) is 12.6. The van der Waals surface area contributed by atoms with Crippen LogP contribution in [-0.2, 0) is 4.74 Å². The molecule has 0 radical (unpaired) electrons. The fourth-order valence-electron chi connectivity index (χ4n) is 1.12. The molecule has 0 bridgehead atoms. The van der Waals surface area contributed by atoms with Gasteiger partial charge in [-0.25, -0.2) is 13.6 Å². The van der Waals surface area contributed by atoms with E-state index >= 15 is 0 Å². The Bertz CT molecular complexity index is 459. The van der Waals surface area contributed by atoms with Crippen molar-refractivity contribution < 1.29 is 18.3 Å². The van der Waals surface area contributed by atoms with Gasteiger partial charge in [-0.3, -0.25) is 4.79 Å². The van der Waals surface area contributed by atoms with Gasteiger partial charge in [0.1, 0.15) is 10.8 Å². The molecule has 0 aliphatic rings. The fourth-order valence-corrected chi connectivity index (χ4v) is 1.31. The van der Waals surface area contributed by atoms with Gasteiger partial charge in [0.2, 0.25) is 0 Å². The van der Waals surface area contributed by atoms with Crippen molar-refractivity contribution in [1.82, 2.24) is 4.98 Å². The van der Waals surface area contributed by atoms with Crippen LogP contribution in [0.5, 0.6) is 0 Å². The summed E-state index contributed by atoms with van der Waals surface area (Å²) in [4.78, 5) is 24.7. The van der Waals surface area contributed by atoms with Gasteiger partial charge in [-0.05, 0) is 6.92 Å². The molecule has 0 aliphatic carbocycles. The molecule has 1 N–H and O–H groups in total. The molecule has 16 heavy (non-hydrogen) atoms. The van der Waals surface area contributed by atoms with E-state index in [-0.39, 0.29) is 11.8 Å². The van der Waals surface area contributed by atoms with E-state index in [2.05, 4.69) is 9.72 Å². The molecule has 1 rings (SSSR count). The first-order valence-corrected chi connectivity index (χ1v) is 4.73. The lowest BCUT2D eigenvalue weighted by Gasteiger charge is -2.07. The molecule has 7 heteroatoms. The number of carbonyl (C=O) groups excluding carboxylic acids is 1. The first-order chi connectivity index (χ1) is 7.47. The molecule has 1 aromatic rings. The molecule has 0 aliphatic heterocycles. The largest absolute Gasteiger partial charge is 0.461 e. The summed E-state index contributed by atoms with van der Waals surface area (Å²) < 4.78 is 29.6. The van der Waals surface area contributed by atoms with Crippen molar-refractivity contribution >= 4 is 17.6 Å². The third kappa shape index (κ3) is 2.57. The minimum Gasteiger partial charge on any atom is -0.461 e. The van der Waals surface area contributed by atoms with Crippen LogP contribution in [0.1, 0.15) is 29.4 Å². The number of nitrogens with one attached hydrogen (secondary N) is 1. The van der Waals surface area contributed by atoms with Gasteiger partial charge in [0.05, 0.1) is 12.2 Å². The second kappa shape index (κ2) is 5.07. The molecule has 0 atom stereocenters. The zero-order valence-corrected chi connectivity index (χ0v) is 8.98. The standard InChI is InChI=1S/C9H8ClF2NO3/c1-2-16-9(15)7-6(8(11)12)4(14)3-5(10)13-7/h3,8H,2H2,1H3,(H,13,14). The quantitative estimate of drug-likeness (QED) is 0.661. The Kier molecular flexibility index (Phi) is 4.00. The summed E-state index contributed by atoms with van der Waals surface area (Å²) >= 11 is 5.46.